The molecule has 0 atom stereocenters. The molecule has 1 heterocycles. The van der Waals surface area contributed by atoms with Crippen LogP contribution in [-0.2, 0) is 0 Å². The summed E-state index contributed by atoms with van der Waals surface area (Å²) >= 11 is 0.701. The van der Waals surface area contributed by atoms with E-state index < -0.39 is 29.0 Å². The van der Waals surface area contributed by atoms with Crippen LogP contribution in [0.4, 0.5) is 23.2 Å². The van der Waals surface area contributed by atoms with Gasteiger partial charge in [0.25, 0.3) is 0 Å². The molecule has 0 unspecified atom stereocenters. The van der Waals surface area contributed by atoms with Crippen molar-refractivity contribution in [2.24, 2.45) is 4.99 Å². The van der Waals surface area contributed by atoms with Crippen LogP contribution in [-0.4, -0.2) is 5.87 Å². The van der Waals surface area contributed by atoms with E-state index in [-0.39, 0.29) is 4.90 Å². The second kappa shape index (κ2) is 3.15. The Balaban J connectivity index is 2.84. The van der Waals surface area contributed by atoms with Gasteiger partial charge < -0.3 is 0 Å². The van der Waals surface area contributed by atoms with Crippen LogP contribution in [0.3, 0.4) is 0 Å². The molecule has 14 heavy (non-hydrogen) atoms. The molecule has 1 aliphatic rings. The van der Waals surface area contributed by atoms with E-state index in [4.69, 9.17) is 0 Å². The molecule has 0 radical (unpaired) electrons. The summed E-state index contributed by atoms with van der Waals surface area (Å²) in [5.74, 6) is -4.37. The van der Waals surface area contributed by atoms with E-state index in [1.807, 2.05) is 0 Å². The van der Waals surface area contributed by atoms with Crippen molar-refractivity contribution in [1.29, 1.82) is 0 Å². The first kappa shape index (κ1) is 9.30. The van der Waals surface area contributed by atoms with Crippen LogP contribution in [0.15, 0.2) is 15.3 Å². The summed E-state index contributed by atoms with van der Waals surface area (Å²) in [5, 5.41) is 1.22. The largest absolute Gasteiger partial charge is 0.202 e. The van der Waals surface area contributed by atoms with Gasteiger partial charge in [0.15, 0.2) is 23.3 Å². The van der Waals surface area contributed by atoms with Crippen molar-refractivity contribution in [1.82, 2.24) is 0 Å². The molecule has 0 aromatic heterocycles. The highest BCUT2D eigenvalue weighted by molar-refractivity contribution is 8.02. The van der Waals surface area contributed by atoms with Crippen LogP contribution < -0.4 is 0 Å². The summed E-state index contributed by atoms with van der Waals surface area (Å²) in [5.41, 5.74) is -0.547. The SMILES string of the molecule is Fc1c(F)c(F)c2c(c1F)N=C=CS2. The summed E-state index contributed by atoms with van der Waals surface area (Å²) in [6, 6.07) is 0. The Labute approximate surface area is 80.1 Å². The van der Waals surface area contributed by atoms with Crippen LogP contribution >= 0.6 is 11.8 Å². The van der Waals surface area contributed by atoms with Crippen molar-refractivity contribution < 1.29 is 17.6 Å². The Kier molecular flexibility index (Phi) is 2.09. The van der Waals surface area contributed by atoms with Gasteiger partial charge >= 0.3 is 0 Å². The topological polar surface area (TPSA) is 12.4 Å². The Hall–Kier alpha value is -1.26. The van der Waals surface area contributed by atoms with Gasteiger partial charge in [0.1, 0.15) is 5.69 Å². The minimum absolute atomic E-state index is 0.361. The molecule has 1 aliphatic heterocycles. The van der Waals surface area contributed by atoms with E-state index in [2.05, 4.69) is 10.9 Å². The van der Waals surface area contributed by atoms with E-state index in [1.165, 1.54) is 5.41 Å². The van der Waals surface area contributed by atoms with Crippen molar-refractivity contribution in [3.05, 3.63) is 28.7 Å². The van der Waals surface area contributed by atoms with Crippen molar-refractivity contribution in [2.75, 3.05) is 0 Å². The lowest BCUT2D eigenvalue weighted by atomic mass is 10.2. The van der Waals surface area contributed by atoms with Crippen LogP contribution in [0, 0.1) is 23.3 Å². The third-order valence-corrected chi connectivity index (χ3v) is 2.44. The third kappa shape index (κ3) is 1.15. The first-order chi connectivity index (χ1) is 6.63. The number of halogens is 4. The van der Waals surface area contributed by atoms with Crippen molar-refractivity contribution >= 4 is 23.3 Å². The summed E-state index contributed by atoms with van der Waals surface area (Å²) in [6.45, 7) is 0. The Bertz CT molecular complexity index is 477. The van der Waals surface area contributed by atoms with Crippen molar-refractivity contribution in [3.63, 3.8) is 0 Å². The van der Waals surface area contributed by atoms with Gasteiger partial charge in [-0.05, 0) is 5.87 Å². The highest BCUT2D eigenvalue weighted by Gasteiger charge is 2.25. The number of nitrogens with zero attached hydrogens (tertiary/aromatic N) is 1. The van der Waals surface area contributed by atoms with Crippen molar-refractivity contribution in [2.45, 2.75) is 4.90 Å². The molecule has 1 aromatic rings. The van der Waals surface area contributed by atoms with Gasteiger partial charge in [-0.15, -0.1) is 0 Å². The molecular weight excluding hydrogens is 218 g/mol. The lowest BCUT2D eigenvalue weighted by molar-refractivity contribution is 0.400. The molecule has 0 saturated heterocycles. The third-order valence-electron chi connectivity index (χ3n) is 1.61. The Morgan fingerprint density at radius 2 is 1.64 bits per heavy atom. The number of thioether (sulfide) groups is 1. The molecule has 1 nitrogen and oxygen atoms in total. The molecule has 0 amide bonds. The molecule has 0 fully saturated rings. The summed E-state index contributed by atoms with van der Waals surface area (Å²) in [7, 11) is 0. The number of hydrogen-bond acceptors (Lipinski definition) is 2. The Morgan fingerprint density at radius 1 is 1.00 bits per heavy atom. The predicted molar refractivity (Wildman–Crippen MR) is 43.8 cm³/mol. The second-order valence-electron chi connectivity index (χ2n) is 2.41. The maximum atomic E-state index is 13.0. The average molecular weight is 219 g/mol. The fourth-order valence-electron chi connectivity index (χ4n) is 0.984. The van der Waals surface area contributed by atoms with Gasteiger partial charge in [0.2, 0.25) is 0 Å². The quantitative estimate of drug-likeness (QED) is 0.371. The van der Waals surface area contributed by atoms with Gasteiger partial charge in [-0.3, -0.25) is 0 Å². The van der Waals surface area contributed by atoms with Gasteiger partial charge in [0, 0.05) is 5.41 Å². The second-order valence-corrected chi connectivity index (χ2v) is 3.29. The monoisotopic (exact) mass is 219 g/mol. The number of rotatable bonds is 0. The van der Waals surface area contributed by atoms with E-state index in [0.29, 0.717) is 11.8 Å². The zero-order valence-electron chi connectivity index (χ0n) is 6.44. The van der Waals surface area contributed by atoms with E-state index in [1.54, 1.807) is 0 Å². The number of fused-ring (bicyclic) bond motifs is 1. The summed E-state index contributed by atoms with van der Waals surface area (Å²) in [6.07, 6.45) is 0. The van der Waals surface area contributed by atoms with Gasteiger partial charge in [-0.25, -0.2) is 22.6 Å². The van der Waals surface area contributed by atoms with E-state index in [0.717, 1.165) is 0 Å². The highest BCUT2D eigenvalue weighted by Crippen LogP contribution is 2.39. The minimum atomic E-state index is -1.85. The molecule has 0 spiro atoms. The first-order valence-electron chi connectivity index (χ1n) is 3.43. The standard InChI is InChI=1S/C8HF4NS/c9-3-4(10)6(12)8-7(5(3)11)13-1-2-14-8/h2H. The maximum absolute atomic E-state index is 13.0. The summed E-state index contributed by atoms with van der Waals surface area (Å²) < 4.78 is 51.4. The molecule has 2 rings (SSSR count). The lowest BCUT2D eigenvalue weighted by Gasteiger charge is -2.08. The maximum Gasteiger partial charge on any atom is 0.199 e. The molecule has 6 heteroatoms. The van der Waals surface area contributed by atoms with Crippen LogP contribution in [0.5, 0.6) is 0 Å². The smallest absolute Gasteiger partial charge is 0.199 e. The number of aliphatic imine (C=N–C) groups is 1. The van der Waals surface area contributed by atoms with Gasteiger partial charge in [-0.2, -0.15) is 0 Å². The predicted octanol–water partition coefficient (Wildman–Crippen LogP) is 3.16. The molecule has 72 valence electrons. The highest BCUT2D eigenvalue weighted by atomic mass is 32.2. The van der Waals surface area contributed by atoms with E-state index in [9.17, 15) is 17.6 Å². The van der Waals surface area contributed by atoms with Crippen molar-refractivity contribution in [3.8, 4) is 0 Å². The zero-order valence-corrected chi connectivity index (χ0v) is 7.26. The fraction of sp³-hybridized carbons (Fsp3) is 0. The van der Waals surface area contributed by atoms with Crippen LogP contribution in [0.25, 0.3) is 0 Å². The molecule has 0 saturated carbocycles. The minimum Gasteiger partial charge on any atom is -0.202 e. The molecule has 0 N–H and O–H groups in total. The average Bonchev–Trinajstić information content (AvgIpc) is 2.23. The normalized spacial score (nSPS) is 13.1. The molecule has 1 aromatic carbocycles. The lowest BCUT2D eigenvalue weighted by Crippen LogP contribution is -1.99. The number of hydrogen-bond donors (Lipinski definition) is 0. The Morgan fingerprint density at radius 3 is 2.36 bits per heavy atom. The van der Waals surface area contributed by atoms with Crippen LogP contribution in [0.2, 0.25) is 0 Å². The zero-order chi connectivity index (χ0) is 10.3. The fourth-order valence-corrected chi connectivity index (χ4v) is 1.65. The first-order valence-corrected chi connectivity index (χ1v) is 4.31. The number of benzene rings is 1. The van der Waals surface area contributed by atoms with E-state index >= 15 is 0 Å². The van der Waals surface area contributed by atoms with Gasteiger partial charge in [0.05, 0.1) is 4.90 Å². The van der Waals surface area contributed by atoms with Gasteiger partial charge in [-0.1, -0.05) is 11.8 Å². The molecule has 0 aliphatic carbocycles. The summed E-state index contributed by atoms with van der Waals surface area (Å²) in [4.78, 5) is 2.95. The molecular formula is C8HF4NS. The molecule has 0 bridgehead atoms. The van der Waals surface area contributed by atoms with Crippen LogP contribution in [0.1, 0.15) is 0 Å².